The van der Waals surface area contributed by atoms with Gasteiger partial charge in [0.15, 0.2) is 0 Å². The van der Waals surface area contributed by atoms with E-state index in [0.717, 1.165) is 26.2 Å². The Morgan fingerprint density at radius 2 is 1.88 bits per heavy atom. The molecule has 3 heteroatoms. The summed E-state index contributed by atoms with van der Waals surface area (Å²) in [6, 6.07) is 6.53. The molecule has 1 fully saturated rings. The number of alkyl halides is 1. The smallest absolute Gasteiger partial charge is 0.0474 e. The predicted molar refractivity (Wildman–Crippen MR) is 70.4 cm³/mol. The van der Waals surface area contributed by atoms with Crippen LogP contribution in [0.1, 0.15) is 11.1 Å². The van der Waals surface area contributed by atoms with Gasteiger partial charge in [-0.2, -0.15) is 0 Å². The van der Waals surface area contributed by atoms with Crippen LogP contribution in [-0.4, -0.2) is 38.1 Å². The standard InChI is InChI=1S/C13H19ClN2/c1-11-9-12(10-14)3-4-13(11)16-7-5-15(2)6-8-16/h3-4,9H,5-8,10H2,1-2H3. The van der Waals surface area contributed by atoms with Gasteiger partial charge in [-0.05, 0) is 31.2 Å². The second kappa shape index (κ2) is 5.07. The van der Waals surface area contributed by atoms with Crippen molar-refractivity contribution in [3.05, 3.63) is 29.3 Å². The molecule has 0 aromatic heterocycles. The fourth-order valence-electron chi connectivity index (χ4n) is 2.20. The second-order valence-corrected chi connectivity index (χ2v) is 4.81. The number of hydrogen-bond acceptors (Lipinski definition) is 2. The minimum Gasteiger partial charge on any atom is -0.369 e. The highest BCUT2D eigenvalue weighted by Gasteiger charge is 2.15. The monoisotopic (exact) mass is 238 g/mol. The van der Waals surface area contributed by atoms with E-state index in [0.29, 0.717) is 5.88 Å². The van der Waals surface area contributed by atoms with Gasteiger partial charge in [0, 0.05) is 37.7 Å². The van der Waals surface area contributed by atoms with Gasteiger partial charge in [0.05, 0.1) is 0 Å². The number of likely N-dealkylation sites (N-methyl/N-ethyl adjacent to an activating group) is 1. The first kappa shape index (κ1) is 11.7. The molecule has 0 saturated carbocycles. The van der Waals surface area contributed by atoms with Crippen molar-refractivity contribution in [3.63, 3.8) is 0 Å². The molecule has 88 valence electrons. The van der Waals surface area contributed by atoms with Crippen molar-refractivity contribution in [2.75, 3.05) is 38.1 Å². The average molecular weight is 239 g/mol. The Morgan fingerprint density at radius 1 is 1.19 bits per heavy atom. The fourth-order valence-corrected chi connectivity index (χ4v) is 2.37. The maximum Gasteiger partial charge on any atom is 0.0474 e. The van der Waals surface area contributed by atoms with Crippen molar-refractivity contribution >= 4 is 17.3 Å². The van der Waals surface area contributed by atoms with Gasteiger partial charge >= 0.3 is 0 Å². The Kier molecular flexibility index (Phi) is 3.72. The van der Waals surface area contributed by atoms with E-state index in [2.05, 4.69) is 42.0 Å². The van der Waals surface area contributed by atoms with Crippen molar-refractivity contribution < 1.29 is 0 Å². The molecule has 0 unspecified atom stereocenters. The van der Waals surface area contributed by atoms with Crippen LogP contribution in [0, 0.1) is 6.92 Å². The Labute approximate surface area is 103 Å². The minimum atomic E-state index is 0.601. The van der Waals surface area contributed by atoms with Gasteiger partial charge < -0.3 is 9.80 Å². The normalized spacial score (nSPS) is 17.8. The first-order valence-corrected chi connectivity index (χ1v) is 6.33. The van der Waals surface area contributed by atoms with Gasteiger partial charge in [-0.25, -0.2) is 0 Å². The third-order valence-corrected chi connectivity index (χ3v) is 3.57. The largest absolute Gasteiger partial charge is 0.369 e. The molecule has 0 atom stereocenters. The van der Waals surface area contributed by atoms with E-state index in [1.54, 1.807) is 0 Å². The number of aryl methyl sites for hydroxylation is 1. The quantitative estimate of drug-likeness (QED) is 0.731. The van der Waals surface area contributed by atoms with Crippen molar-refractivity contribution in [1.82, 2.24) is 4.90 Å². The third-order valence-electron chi connectivity index (χ3n) is 3.26. The lowest BCUT2D eigenvalue weighted by molar-refractivity contribution is 0.312. The lowest BCUT2D eigenvalue weighted by atomic mass is 10.1. The molecule has 0 N–H and O–H groups in total. The molecular weight excluding hydrogens is 220 g/mol. The molecule has 0 aliphatic carbocycles. The first-order valence-electron chi connectivity index (χ1n) is 5.79. The zero-order valence-corrected chi connectivity index (χ0v) is 10.8. The van der Waals surface area contributed by atoms with Gasteiger partial charge in [0.2, 0.25) is 0 Å². The highest BCUT2D eigenvalue weighted by molar-refractivity contribution is 6.17. The summed E-state index contributed by atoms with van der Waals surface area (Å²) in [5.41, 5.74) is 3.90. The van der Waals surface area contributed by atoms with Crippen LogP contribution in [0.3, 0.4) is 0 Å². The van der Waals surface area contributed by atoms with Crippen molar-refractivity contribution in [2.45, 2.75) is 12.8 Å². The van der Waals surface area contributed by atoms with E-state index in [1.165, 1.54) is 16.8 Å². The van der Waals surface area contributed by atoms with Gasteiger partial charge in [0.1, 0.15) is 0 Å². The Morgan fingerprint density at radius 3 is 2.44 bits per heavy atom. The van der Waals surface area contributed by atoms with Crippen LogP contribution in [-0.2, 0) is 5.88 Å². The molecule has 1 heterocycles. The number of halogens is 1. The van der Waals surface area contributed by atoms with Crippen LogP contribution in [0.5, 0.6) is 0 Å². The lowest BCUT2D eigenvalue weighted by Crippen LogP contribution is -2.44. The van der Waals surface area contributed by atoms with Crippen LogP contribution in [0.25, 0.3) is 0 Å². The summed E-state index contributed by atoms with van der Waals surface area (Å²) in [6.07, 6.45) is 0. The molecule has 2 rings (SSSR count). The van der Waals surface area contributed by atoms with Gasteiger partial charge in [-0.1, -0.05) is 12.1 Å². The summed E-state index contributed by atoms with van der Waals surface area (Å²) in [5.74, 6) is 0.601. The molecule has 1 aliphatic rings. The molecule has 1 aromatic carbocycles. The van der Waals surface area contributed by atoms with E-state index in [9.17, 15) is 0 Å². The zero-order valence-electron chi connectivity index (χ0n) is 10.0. The highest BCUT2D eigenvalue weighted by atomic mass is 35.5. The lowest BCUT2D eigenvalue weighted by Gasteiger charge is -2.35. The number of piperazine rings is 1. The van der Waals surface area contributed by atoms with Crippen LogP contribution < -0.4 is 4.90 Å². The van der Waals surface area contributed by atoms with Crippen LogP contribution in [0.4, 0.5) is 5.69 Å². The maximum absolute atomic E-state index is 5.84. The van der Waals surface area contributed by atoms with Gasteiger partial charge in [0.25, 0.3) is 0 Å². The number of anilines is 1. The summed E-state index contributed by atoms with van der Waals surface area (Å²) < 4.78 is 0. The van der Waals surface area contributed by atoms with E-state index in [1.807, 2.05) is 0 Å². The summed E-state index contributed by atoms with van der Waals surface area (Å²) in [5, 5.41) is 0. The summed E-state index contributed by atoms with van der Waals surface area (Å²) in [7, 11) is 2.18. The average Bonchev–Trinajstić information content (AvgIpc) is 2.30. The molecular formula is C13H19ClN2. The van der Waals surface area contributed by atoms with E-state index < -0.39 is 0 Å². The SMILES string of the molecule is Cc1cc(CCl)ccc1N1CCN(C)CC1. The topological polar surface area (TPSA) is 6.48 Å². The molecule has 1 saturated heterocycles. The van der Waals surface area contributed by atoms with Crippen molar-refractivity contribution in [3.8, 4) is 0 Å². The van der Waals surface area contributed by atoms with E-state index >= 15 is 0 Å². The molecule has 0 amide bonds. The molecule has 0 spiro atoms. The molecule has 0 bridgehead atoms. The molecule has 1 aliphatic heterocycles. The number of hydrogen-bond donors (Lipinski definition) is 0. The molecule has 1 aromatic rings. The summed E-state index contributed by atoms with van der Waals surface area (Å²) in [6.45, 7) is 6.71. The van der Waals surface area contributed by atoms with E-state index in [-0.39, 0.29) is 0 Å². The third kappa shape index (κ3) is 2.50. The zero-order chi connectivity index (χ0) is 11.5. The van der Waals surface area contributed by atoms with Crippen LogP contribution >= 0.6 is 11.6 Å². The minimum absolute atomic E-state index is 0.601. The molecule has 2 nitrogen and oxygen atoms in total. The Bertz CT molecular complexity index is 357. The molecule has 16 heavy (non-hydrogen) atoms. The van der Waals surface area contributed by atoms with Gasteiger partial charge in [-0.3, -0.25) is 0 Å². The van der Waals surface area contributed by atoms with Crippen molar-refractivity contribution in [1.29, 1.82) is 0 Å². The Hall–Kier alpha value is -0.730. The van der Waals surface area contributed by atoms with Crippen LogP contribution in [0.15, 0.2) is 18.2 Å². The van der Waals surface area contributed by atoms with Crippen LogP contribution in [0.2, 0.25) is 0 Å². The predicted octanol–water partition coefficient (Wildman–Crippen LogP) is 2.49. The number of nitrogens with zero attached hydrogens (tertiary/aromatic N) is 2. The molecule has 0 radical (unpaired) electrons. The second-order valence-electron chi connectivity index (χ2n) is 4.54. The summed E-state index contributed by atoms with van der Waals surface area (Å²) in [4.78, 5) is 4.84. The first-order chi connectivity index (χ1) is 7.70. The summed E-state index contributed by atoms with van der Waals surface area (Å²) >= 11 is 5.84. The van der Waals surface area contributed by atoms with Crippen molar-refractivity contribution in [2.24, 2.45) is 0 Å². The maximum atomic E-state index is 5.84. The van der Waals surface area contributed by atoms with E-state index in [4.69, 9.17) is 11.6 Å². The Balaban J connectivity index is 2.14. The number of rotatable bonds is 2. The van der Waals surface area contributed by atoms with Gasteiger partial charge in [-0.15, -0.1) is 11.6 Å². The fraction of sp³-hybridized carbons (Fsp3) is 0.538. The number of benzene rings is 1. The highest BCUT2D eigenvalue weighted by Crippen LogP contribution is 2.23.